The Morgan fingerprint density at radius 1 is 1.03 bits per heavy atom. The minimum atomic E-state index is -3.93. The van der Waals surface area contributed by atoms with Gasteiger partial charge in [-0.25, -0.2) is 8.42 Å². The van der Waals surface area contributed by atoms with E-state index in [4.69, 9.17) is 9.47 Å². The number of hydrogen-bond acceptors (Lipinski definition) is 7. The summed E-state index contributed by atoms with van der Waals surface area (Å²) >= 11 is 0. The number of nitro benzene ring substituents is 1. The molecule has 0 aromatic heterocycles. The lowest BCUT2D eigenvalue weighted by Gasteiger charge is -2.26. The normalized spacial score (nSPS) is 18.1. The first kappa shape index (κ1) is 23.1. The lowest BCUT2D eigenvalue weighted by atomic mass is 10.1. The number of ether oxygens (including phenoxy) is 2. The Hall–Kier alpha value is -3.02. The zero-order valence-electron chi connectivity index (χ0n) is 18.0. The zero-order chi connectivity index (χ0) is 23.4. The van der Waals surface area contributed by atoms with E-state index in [-0.39, 0.29) is 42.9 Å². The maximum Gasteiger partial charge on any atom is 0.312 e. The van der Waals surface area contributed by atoms with Crippen molar-refractivity contribution in [3.8, 4) is 5.75 Å². The van der Waals surface area contributed by atoms with E-state index in [9.17, 15) is 23.3 Å². The molecule has 1 atom stereocenters. The predicted molar refractivity (Wildman–Crippen MR) is 118 cm³/mol. The summed E-state index contributed by atoms with van der Waals surface area (Å²) in [6.07, 6.45) is 0.702. The monoisotopic (exact) mass is 475 g/mol. The molecular formula is C22H25N3O7S. The van der Waals surface area contributed by atoms with Gasteiger partial charge in [0.2, 0.25) is 16.1 Å². The number of hydrogen-bond donors (Lipinski definition) is 0. The van der Waals surface area contributed by atoms with E-state index in [0.29, 0.717) is 18.7 Å². The van der Waals surface area contributed by atoms with Crippen molar-refractivity contribution in [2.24, 2.45) is 0 Å². The van der Waals surface area contributed by atoms with Crippen LogP contribution in [-0.2, 0) is 19.6 Å². The van der Waals surface area contributed by atoms with Gasteiger partial charge in [0, 0.05) is 37.8 Å². The minimum Gasteiger partial charge on any atom is -0.469 e. The maximum absolute atomic E-state index is 13.2. The Balaban J connectivity index is 1.67. The van der Waals surface area contributed by atoms with Gasteiger partial charge in [-0.05, 0) is 25.0 Å². The summed E-state index contributed by atoms with van der Waals surface area (Å²) in [4.78, 5) is 25.8. The molecule has 1 amide bonds. The van der Waals surface area contributed by atoms with Crippen LogP contribution < -0.4 is 4.74 Å². The number of carbonyl (C=O) groups excluding carboxylic acids is 1. The molecule has 4 rings (SSSR count). The highest BCUT2D eigenvalue weighted by Gasteiger charge is 2.33. The molecule has 2 heterocycles. The molecule has 10 nitrogen and oxygen atoms in total. The van der Waals surface area contributed by atoms with Crippen molar-refractivity contribution < 1.29 is 27.6 Å². The molecule has 0 bridgehead atoms. The highest BCUT2D eigenvalue weighted by atomic mass is 32.2. The molecule has 0 spiro atoms. The third-order valence-corrected chi connectivity index (χ3v) is 7.62. The fourth-order valence-electron chi connectivity index (χ4n) is 3.96. The average Bonchev–Trinajstić information content (AvgIpc) is 3.38. The summed E-state index contributed by atoms with van der Waals surface area (Å²) in [7, 11) is -3.93. The van der Waals surface area contributed by atoms with Gasteiger partial charge >= 0.3 is 5.69 Å². The summed E-state index contributed by atoms with van der Waals surface area (Å²) in [5.41, 5.74) is 0.0493. The molecule has 11 heteroatoms. The van der Waals surface area contributed by atoms with Gasteiger partial charge in [-0.1, -0.05) is 30.3 Å². The number of sulfonamides is 1. The van der Waals surface area contributed by atoms with E-state index in [0.717, 1.165) is 18.9 Å². The molecule has 176 valence electrons. The molecule has 2 aromatic rings. The molecule has 2 aliphatic heterocycles. The van der Waals surface area contributed by atoms with Crippen molar-refractivity contribution in [3.63, 3.8) is 0 Å². The lowest BCUT2D eigenvalue weighted by molar-refractivity contribution is -0.386. The number of nitrogens with zero attached hydrogens (tertiary/aromatic N) is 3. The molecule has 0 saturated carbocycles. The van der Waals surface area contributed by atoms with Crippen LogP contribution in [0.2, 0.25) is 0 Å². The second kappa shape index (κ2) is 9.86. The van der Waals surface area contributed by atoms with Gasteiger partial charge in [0.05, 0.1) is 23.0 Å². The Morgan fingerprint density at radius 3 is 2.33 bits per heavy atom. The molecule has 0 unspecified atom stereocenters. The topological polar surface area (TPSA) is 119 Å². The fraction of sp³-hybridized carbons (Fsp3) is 0.409. The van der Waals surface area contributed by atoms with Gasteiger partial charge in [0.25, 0.3) is 5.91 Å². The van der Waals surface area contributed by atoms with Gasteiger partial charge in [-0.15, -0.1) is 0 Å². The van der Waals surface area contributed by atoms with Gasteiger partial charge in [-0.3, -0.25) is 14.9 Å². The second-order valence-corrected chi connectivity index (χ2v) is 9.78. The first-order valence-electron chi connectivity index (χ1n) is 10.7. The van der Waals surface area contributed by atoms with Crippen LogP contribution in [0.25, 0.3) is 0 Å². The standard InChI is InChI=1S/C22H25N3O7S/c26-22(23-10-4-5-11-23)21(17-6-2-1-3-7-17)32-20-9-8-18(16-19(20)25(27)28)33(29,30)24-12-14-31-15-13-24/h1-3,6-9,16,21H,4-5,10-15H2/t21-/m0/s1. The Bertz CT molecular complexity index is 1110. The van der Waals surface area contributed by atoms with Crippen molar-refractivity contribution >= 4 is 21.6 Å². The first-order valence-corrected chi connectivity index (χ1v) is 12.2. The SMILES string of the molecule is O=C([C@@H](Oc1ccc(S(=O)(=O)N2CCOCC2)cc1[N+](=O)[O-])c1ccccc1)N1CCCC1. The second-order valence-electron chi connectivity index (χ2n) is 7.84. The van der Waals surface area contributed by atoms with Crippen LogP contribution in [0, 0.1) is 10.1 Å². The van der Waals surface area contributed by atoms with Gasteiger partial charge in [0.1, 0.15) is 0 Å². The van der Waals surface area contributed by atoms with Crippen LogP contribution in [0.4, 0.5) is 5.69 Å². The van der Waals surface area contributed by atoms with Crippen molar-refractivity contribution in [2.45, 2.75) is 23.8 Å². The van der Waals surface area contributed by atoms with E-state index >= 15 is 0 Å². The number of amides is 1. The summed E-state index contributed by atoms with van der Waals surface area (Å²) in [6.45, 7) is 2.08. The van der Waals surface area contributed by atoms with Crippen molar-refractivity contribution in [1.82, 2.24) is 9.21 Å². The van der Waals surface area contributed by atoms with Crippen LogP contribution in [0.5, 0.6) is 5.75 Å². The summed E-state index contributed by atoms with van der Waals surface area (Å²) in [6, 6.07) is 12.3. The number of likely N-dealkylation sites (tertiary alicyclic amines) is 1. The number of rotatable bonds is 7. The van der Waals surface area contributed by atoms with E-state index in [1.807, 2.05) is 0 Å². The van der Waals surface area contributed by atoms with E-state index in [1.165, 1.54) is 16.4 Å². The van der Waals surface area contributed by atoms with Gasteiger partial charge in [-0.2, -0.15) is 4.31 Å². The van der Waals surface area contributed by atoms with Crippen LogP contribution in [-0.4, -0.2) is 67.8 Å². The highest BCUT2D eigenvalue weighted by Crippen LogP contribution is 2.35. The quantitative estimate of drug-likeness (QED) is 0.445. The number of carbonyl (C=O) groups is 1. The largest absolute Gasteiger partial charge is 0.469 e. The maximum atomic E-state index is 13.2. The summed E-state index contributed by atoms with van der Waals surface area (Å²) < 4.78 is 38.2. The van der Waals surface area contributed by atoms with Crippen LogP contribution >= 0.6 is 0 Å². The van der Waals surface area contributed by atoms with Crippen molar-refractivity contribution in [2.75, 3.05) is 39.4 Å². The average molecular weight is 476 g/mol. The molecule has 33 heavy (non-hydrogen) atoms. The first-order chi connectivity index (χ1) is 15.9. The molecular weight excluding hydrogens is 450 g/mol. The zero-order valence-corrected chi connectivity index (χ0v) is 18.8. The minimum absolute atomic E-state index is 0.165. The van der Waals surface area contributed by atoms with Crippen LogP contribution in [0.3, 0.4) is 0 Å². The van der Waals surface area contributed by atoms with Crippen molar-refractivity contribution in [3.05, 3.63) is 64.2 Å². The van der Waals surface area contributed by atoms with Gasteiger partial charge in [0.15, 0.2) is 5.75 Å². The summed E-state index contributed by atoms with van der Waals surface area (Å²) in [5, 5.41) is 11.8. The Kier molecular flexibility index (Phi) is 6.91. The Morgan fingerprint density at radius 2 is 1.70 bits per heavy atom. The smallest absolute Gasteiger partial charge is 0.312 e. The van der Waals surface area contributed by atoms with Crippen LogP contribution in [0.1, 0.15) is 24.5 Å². The van der Waals surface area contributed by atoms with Crippen molar-refractivity contribution in [1.29, 1.82) is 0 Å². The van der Waals surface area contributed by atoms with E-state index in [1.54, 1.807) is 35.2 Å². The fourth-order valence-corrected chi connectivity index (χ4v) is 5.38. The molecule has 0 radical (unpaired) electrons. The summed E-state index contributed by atoms with van der Waals surface area (Å²) in [5.74, 6) is -0.444. The van der Waals surface area contributed by atoms with Crippen LogP contribution in [0.15, 0.2) is 53.4 Å². The molecule has 2 aliphatic rings. The molecule has 0 N–H and O–H groups in total. The van der Waals surface area contributed by atoms with E-state index in [2.05, 4.69) is 0 Å². The van der Waals surface area contributed by atoms with E-state index < -0.39 is 26.7 Å². The predicted octanol–water partition coefficient (Wildman–Crippen LogP) is 2.36. The molecule has 0 aliphatic carbocycles. The Labute approximate surface area is 191 Å². The lowest BCUT2D eigenvalue weighted by Crippen LogP contribution is -2.40. The molecule has 2 fully saturated rings. The highest BCUT2D eigenvalue weighted by molar-refractivity contribution is 7.89. The third-order valence-electron chi connectivity index (χ3n) is 5.72. The number of morpholine rings is 1. The van der Waals surface area contributed by atoms with Gasteiger partial charge < -0.3 is 14.4 Å². The number of benzene rings is 2. The molecule has 2 saturated heterocycles. The molecule has 2 aromatic carbocycles. The third kappa shape index (κ3) is 5.00. The number of nitro groups is 1.